The highest BCUT2D eigenvalue weighted by Gasteiger charge is 2.47. The molecule has 1 spiro atoms. The third-order valence-corrected chi connectivity index (χ3v) is 6.54. The summed E-state index contributed by atoms with van der Waals surface area (Å²) in [5.74, 6) is 0. The van der Waals surface area contributed by atoms with E-state index in [0.717, 1.165) is 50.3 Å². The monoisotopic (exact) mass is 380 g/mol. The molecule has 150 valence electrons. The van der Waals surface area contributed by atoms with E-state index in [0.29, 0.717) is 0 Å². The van der Waals surface area contributed by atoms with Gasteiger partial charge in [0.2, 0.25) is 0 Å². The molecule has 1 aliphatic carbocycles. The van der Waals surface area contributed by atoms with Crippen LogP contribution in [0.1, 0.15) is 68.4 Å². The second-order valence-corrected chi connectivity index (χ2v) is 8.59. The third-order valence-electron chi connectivity index (χ3n) is 6.54. The van der Waals surface area contributed by atoms with Crippen molar-refractivity contribution in [2.45, 2.75) is 75.9 Å². The molecule has 0 bridgehead atoms. The first-order chi connectivity index (χ1) is 13.7. The topological polar surface area (TPSA) is 59.9 Å². The molecule has 1 atom stereocenters. The number of nitrogens with zero attached hydrogens (tertiary/aromatic N) is 3. The quantitative estimate of drug-likeness (QED) is 0.764. The van der Waals surface area contributed by atoms with Gasteiger partial charge >= 0.3 is 0 Å². The molecule has 2 aromatic rings. The van der Waals surface area contributed by atoms with E-state index in [-0.39, 0.29) is 11.0 Å². The number of aromatic nitrogens is 3. The Labute approximate surface area is 168 Å². The zero-order chi connectivity index (χ0) is 19.3. The van der Waals surface area contributed by atoms with Crippen molar-refractivity contribution in [1.29, 1.82) is 0 Å². The molecule has 5 nitrogen and oxygen atoms in total. The standard InChI is InChI=1S/C23H32N4O/c1-19-15-27-20(17-26-19)16-24-13-10-22(21-7-3-6-12-25-21)11-14-28-23(18-22)8-4-2-5-9-23/h3,6-7,12,15,17,24H,2,4-5,8-11,13-14,16,18H2,1H3/t22-/m1/s1. The maximum atomic E-state index is 6.40. The van der Waals surface area contributed by atoms with Gasteiger partial charge in [-0.1, -0.05) is 25.3 Å². The molecule has 1 saturated heterocycles. The van der Waals surface area contributed by atoms with Gasteiger partial charge in [0, 0.05) is 42.9 Å². The van der Waals surface area contributed by atoms with Gasteiger partial charge in [-0.3, -0.25) is 15.0 Å². The van der Waals surface area contributed by atoms with Gasteiger partial charge in [0.05, 0.1) is 17.0 Å². The highest BCUT2D eigenvalue weighted by Crippen LogP contribution is 2.48. The molecule has 2 aliphatic rings. The number of hydrogen-bond donors (Lipinski definition) is 1. The predicted octanol–water partition coefficient (Wildman–Crippen LogP) is 4.11. The van der Waals surface area contributed by atoms with Crippen molar-refractivity contribution in [3.8, 4) is 0 Å². The molecule has 2 fully saturated rings. The van der Waals surface area contributed by atoms with Crippen molar-refractivity contribution in [2.24, 2.45) is 0 Å². The summed E-state index contributed by atoms with van der Waals surface area (Å²) in [7, 11) is 0. The number of nitrogens with one attached hydrogen (secondary N) is 1. The minimum absolute atomic E-state index is 0.0659. The Hall–Kier alpha value is -1.85. The van der Waals surface area contributed by atoms with Crippen LogP contribution in [0.4, 0.5) is 0 Å². The first-order valence-corrected chi connectivity index (χ1v) is 10.7. The predicted molar refractivity (Wildman–Crippen MR) is 110 cm³/mol. The van der Waals surface area contributed by atoms with Gasteiger partial charge in [-0.05, 0) is 57.7 Å². The van der Waals surface area contributed by atoms with Crippen LogP contribution in [0.25, 0.3) is 0 Å². The van der Waals surface area contributed by atoms with Crippen LogP contribution in [0.2, 0.25) is 0 Å². The lowest BCUT2D eigenvalue weighted by Crippen LogP contribution is -2.49. The zero-order valence-corrected chi connectivity index (χ0v) is 17.0. The first kappa shape index (κ1) is 19.5. The van der Waals surface area contributed by atoms with Crippen molar-refractivity contribution in [3.63, 3.8) is 0 Å². The molecule has 1 aliphatic heterocycles. The number of ether oxygens (including phenoxy) is 1. The van der Waals surface area contributed by atoms with E-state index in [1.165, 1.54) is 37.8 Å². The minimum Gasteiger partial charge on any atom is -0.375 e. The van der Waals surface area contributed by atoms with Gasteiger partial charge in [0.25, 0.3) is 0 Å². The lowest BCUT2D eigenvalue weighted by Gasteiger charge is -2.49. The Morgan fingerprint density at radius 2 is 1.93 bits per heavy atom. The highest BCUT2D eigenvalue weighted by atomic mass is 16.5. The molecule has 1 saturated carbocycles. The second-order valence-electron chi connectivity index (χ2n) is 8.59. The lowest BCUT2D eigenvalue weighted by molar-refractivity contribution is -0.127. The second kappa shape index (κ2) is 8.66. The summed E-state index contributed by atoms with van der Waals surface area (Å²) < 4.78 is 6.40. The number of pyridine rings is 1. The average molecular weight is 381 g/mol. The summed E-state index contributed by atoms with van der Waals surface area (Å²) >= 11 is 0. The SMILES string of the molecule is Cc1cnc(CNCC[C@@]2(c3ccccn3)CCOC3(CCCCC3)C2)cn1. The van der Waals surface area contributed by atoms with Gasteiger partial charge in [-0.15, -0.1) is 0 Å². The largest absolute Gasteiger partial charge is 0.375 e. The molecule has 5 heteroatoms. The summed E-state index contributed by atoms with van der Waals surface area (Å²) in [6, 6.07) is 6.36. The van der Waals surface area contributed by atoms with Gasteiger partial charge in [-0.25, -0.2) is 0 Å². The van der Waals surface area contributed by atoms with E-state index in [1.54, 1.807) is 0 Å². The maximum absolute atomic E-state index is 6.40. The summed E-state index contributed by atoms with van der Waals surface area (Å²) in [4.78, 5) is 13.6. The highest BCUT2D eigenvalue weighted by molar-refractivity contribution is 5.20. The molecule has 28 heavy (non-hydrogen) atoms. The summed E-state index contributed by atoms with van der Waals surface area (Å²) in [6.45, 7) is 4.52. The van der Waals surface area contributed by atoms with Crippen molar-refractivity contribution in [1.82, 2.24) is 20.3 Å². The summed E-state index contributed by atoms with van der Waals surface area (Å²) in [5, 5.41) is 3.58. The fraction of sp³-hybridized carbons (Fsp3) is 0.609. The number of aryl methyl sites for hydroxylation is 1. The van der Waals surface area contributed by atoms with Gasteiger partial charge < -0.3 is 10.1 Å². The van der Waals surface area contributed by atoms with Crippen molar-refractivity contribution >= 4 is 0 Å². The Morgan fingerprint density at radius 1 is 1.04 bits per heavy atom. The van der Waals surface area contributed by atoms with Crippen LogP contribution in [0.5, 0.6) is 0 Å². The van der Waals surface area contributed by atoms with E-state index in [9.17, 15) is 0 Å². The Kier molecular flexibility index (Phi) is 6.02. The van der Waals surface area contributed by atoms with Gasteiger partial charge in [0.1, 0.15) is 0 Å². The Balaban J connectivity index is 1.45. The molecule has 3 heterocycles. The van der Waals surface area contributed by atoms with Crippen LogP contribution in [-0.2, 0) is 16.7 Å². The Bertz CT molecular complexity index is 737. The van der Waals surface area contributed by atoms with Gasteiger partial charge in [0.15, 0.2) is 0 Å². The third kappa shape index (κ3) is 4.41. The van der Waals surface area contributed by atoms with Crippen molar-refractivity contribution in [2.75, 3.05) is 13.2 Å². The Morgan fingerprint density at radius 3 is 2.68 bits per heavy atom. The molecule has 0 radical (unpaired) electrons. The summed E-state index contributed by atoms with van der Waals surface area (Å²) in [5.41, 5.74) is 3.35. The van der Waals surface area contributed by atoms with Crippen molar-refractivity contribution in [3.05, 3.63) is 53.9 Å². The fourth-order valence-corrected chi connectivity index (χ4v) is 5.03. The van der Waals surface area contributed by atoms with E-state index >= 15 is 0 Å². The summed E-state index contributed by atoms with van der Waals surface area (Å²) in [6.07, 6.45) is 15.2. The van der Waals surface area contributed by atoms with Gasteiger partial charge in [-0.2, -0.15) is 0 Å². The molecular formula is C23H32N4O. The molecule has 1 N–H and O–H groups in total. The molecule has 2 aromatic heterocycles. The smallest absolute Gasteiger partial charge is 0.0724 e. The van der Waals surface area contributed by atoms with Crippen LogP contribution in [0, 0.1) is 6.92 Å². The normalized spacial score (nSPS) is 24.3. The van der Waals surface area contributed by atoms with Crippen LogP contribution in [0.3, 0.4) is 0 Å². The molecular weight excluding hydrogens is 348 g/mol. The van der Waals surface area contributed by atoms with E-state index in [4.69, 9.17) is 9.72 Å². The van der Waals surface area contributed by atoms with E-state index in [1.807, 2.05) is 31.6 Å². The molecule has 0 amide bonds. The average Bonchev–Trinajstić information content (AvgIpc) is 2.74. The lowest BCUT2D eigenvalue weighted by atomic mass is 9.65. The molecule has 0 unspecified atom stereocenters. The fourth-order valence-electron chi connectivity index (χ4n) is 5.03. The van der Waals surface area contributed by atoms with Crippen molar-refractivity contribution < 1.29 is 4.74 Å². The van der Waals surface area contributed by atoms with E-state index in [2.05, 4.69) is 27.4 Å². The number of rotatable bonds is 6. The first-order valence-electron chi connectivity index (χ1n) is 10.7. The van der Waals surface area contributed by atoms with Crippen LogP contribution in [0.15, 0.2) is 36.8 Å². The van der Waals surface area contributed by atoms with Crippen LogP contribution < -0.4 is 5.32 Å². The van der Waals surface area contributed by atoms with Crippen LogP contribution in [-0.4, -0.2) is 33.7 Å². The molecule has 0 aromatic carbocycles. The number of hydrogen-bond acceptors (Lipinski definition) is 5. The van der Waals surface area contributed by atoms with E-state index < -0.39 is 0 Å². The minimum atomic E-state index is 0.0659. The molecule has 4 rings (SSSR count). The zero-order valence-electron chi connectivity index (χ0n) is 17.0. The van der Waals surface area contributed by atoms with Crippen LogP contribution >= 0.6 is 0 Å². The maximum Gasteiger partial charge on any atom is 0.0724 e.